The van der Waals surface area contributed by atoms with E-state index in [2.05, 4.69) is 12.2 Å². The van der Waals surface area contributed by atoms with Crippen LogP contribution in [0, 0.1) is 0 Å². The minimum absolute atomic E-state index is 0.274. The Bertz CT molecular complexity index is 265. The van der Waals surface area contributed by atoms with Crippen LogP contribution in [0.4, 0.5) is 0 Å². The zero-order valence-electron chi connectivity index (χ0n) is 13.2. The molecule has 1 saturated carbocycles. The molecule has 5 nitrogen and oxygen atoms in total. The maximum Gasteiger partial charge on any atom is 0.110 e. The lowest BCUT2D eigenvalue weighted by molar-refractivity contribution is -0.146. The maximum atomic E-state index is 9.87. The average molecular weight is 303 g/mol. The molecule has 126 valence electrons. The van der Waals surface area contributed by atoms with Crippen molar-refractivity contribution < 1.29 is 20.4 Å². The first-order chi connectivity index (χ1) is 10.1. The number of hydrogen-bond donors (Lipinski definition) is 5. The number of aliphatic hydroxyl groups excluding tert-OH is 4. The van der Waals surface area contributed by atoms with Gasteiger partial charge in [0.1, 0.15) is 12.2 Å². The van der Waals surface area contributed by atoms with Crippen molar-refractivity contribution in [3.8, 4) is 0 Å². The van der Waals surface area contributed by atoms with Gasteiger partial charge in [-0.3, -0.25) is 0 Å². The summed E-state index contributed by atoms with van der Waals surface area (Å²) in [7, 11) is 0. The Morgan fingerprint density at radius 3 is 1.95 bits per heavy atom. The van der Waals surface area contributed by atoms with Crippen LogP contribution in [0.15, 0.2) is 0 Å². The fourth-order valence-corrected chi connectivity index (χ4v) is 2.96. The topological polar surface area (TPSA) is 93.0 Å². The Morgan fingerprint density at radius 1 is 0.762 bits per heavy atom. The summed E-state index contributed by atoms with van der Waals surface area (Å²) in [6.45, 7) is 2.99. The third-order valence-corrected chi connectivity index (χ3v) is 4.44. The summed E-state index contributed by atoms with van der Waals surface area (Å²) in [5.41, 5.74) is 0. The van der Waals surface area contributed by atoms with Crippen molar-refractivity contribution in [1.82, 2.24) is 5.32 Å². The van der Waals surface area contributed by atoms with Crippen molar-refractivity contribution >= 4 is 0 Å². The summed E-state index contributed by atoms with van der Waals surface area (Å²) in [6.07, 6.45) is 5.75. The number of aliphatic hydroxyl groups is 4. The molecule has 0 amide bonds. The Kier molecular flexibility index (Phi) is 9.44. The van der Waals surface area contributed by atoms with Gasteiger partial charge < -0.3 is 25.7 Å². The van der Waals surface area contributed by atoms with Gasteiger partial charge in [0.05, 0.1) is 12.2 Å². The summed E-state index contributed by atoms with van der Waals surface area (Å²) in [5, 5.41) is 41.8. The van der Waals surface area contributed by atoms with Crippen molar-refractivity contribution in [2.75, 3.05) is 6.54 Å². The van der Waals surface area contributed by atoms with Crippen molar-refractivity contribution in [3.63, 3.8) is 0 Å². The highest BCUT2D eigenvalue weighted by Crippen LogP contribution is 2.20. The van der Waals surface area contributed by atoms with Gasteiger partial charge in [-0.15, -0.1) is 0 Å². The molecule has 21 heavy (non-hydrogen) atoms. The highest BCUT2D eigenvalue weighted by Gasteiger charge is 2.41. The van der Waals surface area contributed by atoms with E-state index in [1.54, 1.807) is 0 Å². The largest absolute Gasteiger partial charge is 0.390 e. The van der Waals surface area contributed by atoms with Crippen LogP contribution in [0.25, 0.3) is 0 Å². The predicted molar refractivity (Wildman–Crippen MR) is 83.0 cm³/mol. The molecule has 0 radical (unpaired) electrons. The number of hydrogen-bond acceptors (Lipinski definition) is 5. The van der Waals surface area contributed by atoms with Gasteiger partial charge in [-0.2, -0.15) is 0 Å². The van der Waals surface area contributed by atoms with Crippen LogP contribution in [0.2, 0.25) is 0 Å². The van der Waals surface area contributed by atoms with E-state index in [4.69, 9.17) is 0 Å². The van der Waals surface area contributed by atoms with Crippen molar-refractivity contribution in [1.29, 1.82) is 0 Å². The molecule has 0 aliphatic heterocycles. The SMILES string of the molecule is CCCCCCCCCCN[C@@H]1C[C@@H](O)[C@H](O)[C@@H](O)[C@H]1O. The molecular formula is C16H33NO4. The molecule has 1 rings (SSSR count). The van der Waals surface area contributed by atoms with E-state index in [1.807, 2.05) is 0 Å². The second-order valence-electron chi connectivity index (χ2n) is 6.31. The van der Waals surface area contributed by atoms with Crippen LogP contribution in [-0.4, -0.2) is 57.4 Å². The fraction of sp³-hybridized carbons (Fsp3) is 1.00. The van der Waals surface area contributed by atoms with Gasteiger partial charge in [0.25, 0.3) is 0 Å². The average Bonchev–Trinajstić information content (AvgIpc) is 2.48. The highest BCUT2D eigenvalue weighted by molar-refractivity contribution is 4.95. The summed E-state index contributed by atoms with van der Waals surface area (Å²) in [4.78, 5) is 0. The first-order valence-corrected chi connectivity index (χ1v) is 8.53. The van der Waals surface area contributed by atoms with Crippen LogP contribution in [-0.2, 0) is 0 Å². The quantitative estimate of drug-likeness (QED) is 0.387. The molecule has 0 heterocycles. The monoisotopic (exact) mass is 303 g/mol. The summed E-state index contributed by atoms with van der Waals surface area (Å²) in [6, 6.07) is -0.344. The predicted octanol–water partition coefficient (Wildman–Crippen LogP) is 0.933. The molecule has 1 aliphatic rings. The van der Waals surface area contributed by atoms with E-state index >= 15 is 0 Å². The molecule has 5 atom stereocenters. The van der Waals surface area contributed by atoms with Crippen LogP contribution in [0.3, 0.4) is 0 Å². The van der Waals surface area contributed by atoms with Gasteiger partial charge in [0.2, 0.25) is 0 Å². The van der Waals surface area contributed by atoms with Crippen LogP contribution < -0.4 is 5.32 Å². The summed E-state index contributed by atoms with van der Waals surface area (Å²) < 4.78 is 0. The molecular weight excluding hydrogens is 270 g/mol. The van der Waals surface area contributed by atoms with Crippen molar-refractivity contribution in [3.05, 3.63) is 0 Å². The molecule has 0 aromatic rings. The third-order valence-electron chi connectivity index (χ3n) is 4.44. The zero-order chi connectivity index (χ0) is 15.7. The number of rotatable bonds is 10. The van der Waals surface area contributed by atoms with E-state index in [1.165, 1.54) is 38.5 Å². The smallest absolute Gasteiger partial charge is 0.110 e. The lowest BCUT2D eigenvalue weighted by Gasteiger charge is -2.38. The lowest BCUT2D eigenvalue weighted by atomic mass is 9.85. The molecule has 0 spiro atoms. The first kappa shape index (κ1) is 18.8. The first-order valence-electron chi connectivity index (χ1n) is 8.53. The molecule has 1 aliphatic carbocycles. The van der Waals surface area contributed by atoms with E-state index in [-0.39, 0.29) is 12.5 Å². The third kappa shape index (κ3) is 6.61. The molecule has 0 aromatic heterocycles. The molecule has 1 fully saturated rings. The standard InChI is InChI=1S/C16H33NO4/c1-2-3-4-5-6-7-8-9-10-17-12-11-13(18)15(20)16(21)14(12)19/h12-21H,2-11H2,1H3/t12-,13-,14+,15+,16+/m1/s1. The minimum Gasteiger partial charge on any atom is -0.390 e. The van der Waals surface area contributed by atoms with Crippen LogP contribution in [0.5, 0.6) is 0 Å². The highest BCUT2D eigenvalue weighted by atomic mass is 16.4. The van der Waals surface area contributed by atoms with Crippen molar-refractivity contribution in [2.24, 2.45) is 0 Å². The Hall–Kier alpha value is -0.200. The van der Waals surface area contributed by atoms with Crippen LogP contribution >= 0.6 is 0 Å². The van der Waals surface area contributed by atoms with Gasteiger partial charge in [-0.05, 0) is 19.4 Å². The van der Waals surface area contributed by atoms with Gasteiger partial charge in [-0.1, -0.05) is 51.9 Å². The van der Waals surface area contributed by atoms with Gasteiger partial charge in [0, 0.05) is 6.04 Å². The van der Waals surface area contributed by atoms with E-state index < -0.39 is 24.4 Å². The normalized spacial score (nSPS) is 33.3. The molecule has 0 aromatic carbocycles. The summed E-state index contributed by atoms with van der Waals surface area (Å²) in [5.74, 6) is 0. The summed E-state index contributed by atoms with van der Waals surface area (Å²) >= 11 is 0. The maximum absolute atomic E-state index is 9.87. The second kappa shape index (κ2) is 10.5. The van der Waals surface area contributed by atoms with Crippen molar-refractivity contribution in [2.45, 2.75) is 95.2 Å². The molecule has 5 heteroatoms. The molecule has 0 unspecified atom stereocenters. The Morgan fingerprint density at radius 2 is 1.33 bits per heavy atom. The van der Waals surface area contributed by atoms with Gasteiger partial charge >= 0.3 is 0 Å². The van der Waals surface area contributed by atoms with E-state index in [0.717, 1.165) is 19.4 Å². The van der Waals surface area contributed by atoms with Gasteiger partial charge in [-0.25, -0.2) is 0 Å². The van der Waals surface area contributed by atoms with Crippen LogP contribution in [0.1, 0.15) is 64.7 Å². The van der Waals surface area contributed by atoms with E-state index in [9.17, 15) is 20.4 Å². The Balaban J connectivity index is 2.04. The second-order valence-corrected chi connectivity index (χ2v) is 6.31. The number of unbranched alkanes of at least 4 members (excludes halogenated alkanes) is 7. The Labute approximate surface area is 128 Å². The number of nitrogens with one attached hydrogen (secondary N) is 1. The van der Waals surface area contributed by atoms with Gasteiger partial charge in [0.15, 0.2) is 0 Å². The lowest BCUT2D eigenvalue weighted by Crippen LogP contribution is -2.60. The zero-order valence-corrected chi connectivity index (χ0v) is 13.2. The molecule has 0 bridgehead atoms. The minimum atomic E-state index is -1.27. The molecule has 0 saturated heterocycles. The molecule has 5 N–H and O–H groups in total. The van der Waals surface area contributed by atoms with E-state index in [0.29, 0.717) is 0 Å². The fourth-order valence-electron chi connectivity index (χ4n) is 2.96.